The predicted octanol–water partition coefficient (Wildman–Crippen LogP) is 4.44. The maximum absolute atomic E-state index is 12.7. The number of carbonyl (C=O) groups excluding carboxylic acids is 1. The van der Waals surface area contributed by atoms with Crippen molar-refractivity contribution >= 4 is 22.5 Å². The van der Waals surface area contributed by atoms with Crippen molar-refractivity contribution in [3.63, 3.8) is 0 Å². The number of aromatic nitrogens is 1. The molecule has 3 aromatic rings. The van der Waals surface area contributed by atoms with Crippen LogP contribution in [-0.4, -0.2) is 10.9 Å². The van der Waals surface area contributed by atoms with Crippen molar-refractivity contribution < 1.29 is 18.0 Å². The van der Waals surface area contributed by atoms with E-state index in [-0.39, 0.29) is 5.56 Å². The molecule has 0 radical (unpaired) electrons. The topological polar surface area (TPSA) is 44.9 Å². The fourth-order valence-electron chi connectivity index (χ4n) is 2.17. The summed E-state index contributed by atoms with van der Waals surface area (Å²) < 4.78 is 38.0. The van der Waals surface area contributed by atoms with Gasteiger partial charge in [-0.3, -0.25) is 4.79 Å². The van der Waals surface area contributed by atoms with E-state index < -0.39 is 17.6 Å². The quantitative estimate of drug-likeness (QED) is 0.722. The number of anilines is 1. The van der Waals surface area contributed by atoms with Crippen molar-refractivity contribution in [3.8, 4) is 0 Å². The molecular formula is C16H11F3N2O. The summed E-state index contributed by atoms with van der Waals surface area (Å²) in [6.07, 6.45) is -2.70. The number of aromatic amines is 1. The molecule has 0 atom stereocenters. The zero-order chi connectivity index (χ0) is 15.7. The molecule has 3 nitrogen and oxygen atoms in total. The predicted molar refractivity (Wildman–Crippen MR) is 77.7 cm³/mol. The highest BCUT2D eigenvalue weighted by Crippen LogP contribution is 2.29. The molecule has 2 aromatic carbocycles. The summed E-state index contributed by atoms with van der Waals surface area (Å²) in [6, 6.07) is 11.4. The Hall–Kier alpha value is -2.76. The lowest BCUT2D eigenvalue weighted by molar-refractivity contribution is -0.137. The third kappa shape index (κ3) is 2.81. The van der Waals surface area contributed by atoms with E-state index in [2.05, 4.69) is 10.3 Å². The Morgan fingerprint density at radius 2 is 1.86 bits per heavy atom. The molecule has 22 heavy (non-hydrogen) atoms. The molecule has 0 unspecified atom stereocenters. The fourth-order valence-corrected chi connectivity index (χ4v) is 2.17. The number of H-pyrrole nitrogens is 1. The van der Waals surface area contributed by atoms with Crippen molar-refractivity contribution in [2.75, 3.05) is 5.32 Å². The standard InChI is InChI=1S/C16H11F3N2O/c17-16(18,19)12-3-1-2-11(8-12)15(22)21-13-4-5-14-10(9-13)6-7-20-14/h1-9,20H,(H,21,22). The lowest BCUT2D eigenvalue weighted by Crippen LogP contribution is -2.13. The third-order valence-corrected chi connectivity index (χ3v) is 3.26. The van der Waals surface area contributed by atoms with Crippen LogP contribution in [0.15, 0.2) is 54.7 Å². The van der Waals surface area contributed by atoms with E-state index in [9.17, 15) is 18.0 Å². The van der Waals surface area contributed by atoms with Gasteiger partial charge < -0.3 is 10.3 Å². The van der Waals surface area contributed by atoms with Crippen LogP contribution in [0.4, 0.5) is 18.9 Å². The van der Waals surface area contributed by atoms with Gasteiger partial charge in [-0.15, -0.1) is 0 Å². The number of amides is 1. The number of rotatable bonds is 2. The Labute approximate surface area is 123 Å². The van der Waals surface area contributed by atoms with E-state index in [0.717, 1.165) is 23.0 Å². The lowest BCUT2D eigenvalue weighted by Gasteiger charge is -2.09. The van der Waals surface area contributed by atoms with Gasteiger partial charge in [0.25, 0.3) is 5.91 Å². The number of carbonyl (C=O) groups is 1. The summed E-state index contributed by atoms with van der Waals surface area (Å²) in [5.74, 6) is -0.582. The molecule has 0 saturated heterocycles. The van der Waals surface area contributed by atoms with Crippen LogP contribution in [0.1, 0.15) is 15.9 Å². The molecule has 2 N–H and O–H groups in total. The third-order valence-electron chi connectivity index (χ3n) is 3.26. The molecule has 3 rings (SSSR count). The van der Waals surface area contributed by atoms with Crippen LogP contribution in [0.3, 0.4) is 0 Å². The summed E-state index contributed by atoms with van der Waals surface area (Å²) in [4.78, 5) is 15.1. The van der Waals surface area contributed by atoms with Gasteiger partial charge in [0.2, 0.25) is 0 Å². The molecule has 1 heterocycles. The first-order valence-electron chi connectivity index (χ1n) is 6.49. The molecule has 0 bridgehead atoms. The number of halogens is 3. The van der Waals surface area contributed by atoms with Crippen molar-refractivity contribution in [2.24, 2.45) is 0 Å². The number of hydrogen-bond donors (Lipinski definition) is 2. The SMILES string of the molecule is O=C(Nc1ccc2[nH]ccc2c1)c1cccc(C(F)(F)F)c1. The van der Waals surface area contributed by atoms with Crippen molar-refractivity contribution in [2.45, 2.75) is 6.18 Å². The molecule has 0 saturated carbocycles. The lowest BCUT2D eigenvalue weighted by atomic mass is 10.1. The minimum absolute atomic E-state index is 0.0380. The van der Waals surface area contributed by atoms with Crippen LogP contribution >= 0.6 is 0 Å². The van der Waals surface area contributed by atoms with Gasteiger partial charge in [0.05, 0.1) is 5.56 Å². The highest BCUT2D eigenvalue weighted by molar-refractivity contribution is 6.05. The molecule has 0 spiro atoms. The van der Waals surface area contributed by atoms with Gasteiger partial charge in [-0.25, -0.2) is 0 Å². The maximum atomic E-state index is 12.7. The van der Waals surface area contributed by atoms with Crippen LogP contribution in [0.2, 0.25) is 0 Å². The second kappa shape index (κ2) is 5.22. The van der Waals surface area contributed by atoms with Crippen LogP contribution in [0.5, 0.6) is 0 Å². The van der Waals surface area contributed by atoms with Crippen molar-refractivity contribution in [3.05, 3.63) is 65.9 Å². The number of hydrogen-bond acceptors (Lipinski definition) is 1. The van der Waals surface area contributed by atoms with E-state index in [1.165, 1.54) is 12.1 Å². The Bertz CT molecular complexity index is 837. The second-order valence-electron chi connectivity index (χ2n) is 4.81. The first kappa shape index (κ1) is 14.2. The number of nitrogens with one attached hydrogen (secondary N) is 2. The first-order chi connectivity index (χ1) is 10.4. The summed E-state index contributed by atoms with van der Waals surface area (Å²) in [5.41, 5.74) is 0.553. The van der Waals surface area contributed by atoms with Crippen LogP contribution in [-0.2, 0) is 6.18 Å². The minimum atomic E-state index is -4.47. The van der Waals surface area contributed by atoms with E-state index in [1.807, 2.05) is 6.07 Å². The van der Waals surface area contributed by atoms with Gasteiger partial charge in [-0.05, 0) is 42.5 Å². The average molecular weight is 304 g/mol. The zero-order valence-electron chi connectivity index (χ0n) is 11.2. The molecule has 112 valence electrons. The summed E-state index contributed by atoms with van der Waals surface area (Å²) >= 11 is 0. The average Bonchev–Trinajstić information content (AvgIpc) is 2.94. The number of alkyl halides is 3. The van der Waals surface area contributed by atoms with E-state index in [1.54, 1.807) is 24.4 Å². The summed E-state index contributed by atoms with van der Waals surface area (Å²) in [6.45, 7) is 0. The van der Waals surface area contributed by atoms with Crippen LogP contribution < -0.4 is 5.32 Å². The first-order valence-corrected chi connectivity index (χ1v) is 6.49. The Morgan fingerprint density at radius 3 is 2.64 bits per heavy atom. The van der Waals surface area contributed by atoms with Crippen LogP contribution in [0, 0.1) is 0 Å². The molecule has 0 fully saturated rings. The Balaban J connectivity index is 1.85. The van der Waals surface area contributed by atoms with Gasteiger partial charge >= 0.3 is 6.18 Å². The number of benzene rings is 2. The maximum Gasteiger partial charge on any atom is 0.416 e. The molecule has 1 amide bonds. The van der Waals surface area contributed by atoms with Crippen molar-refractivity contribution in [1.29, 1.82) is 0 Å². The Kier molecular flexibility index (Phi) is 3.36. The minimum Gasteiger partial charge on any atom is -0.361 e. The molecule has 6 heteroatoms. The molecule has 0 aliphatic carbocycles. The summed E-state index contributed by atoms with van der Waals surface area (Å²) in [5, 5.41) is 3.50. The smallest absolute Gasteiger partial charge is 0.361 e. The van der Waals surface area contributed by atoms with Gasteiger partial charge in [0, 0.05) is 28.4 Å². The van der Waals surface area contributed by atoms with E-state index >= 15 is 0 Å². The normalized spacial score (nSPS) is 11.6. The van der Waals surface area contributed by atoms with Gasteiger partial charge in [0.1, 0.15) is 0 Å². The van der Waals surface area contributed by atoms with E-state index in [4.69, 9.17) is 0 Å². The van der Waals surface area contributed by atoms with Crippen LogP contribution in [0.25, 0.3) is 10.9 Å². The summed E-state index contributed by atoms with van der Waals surface area (Å²) in [7, 11) is 0. The molecular weight excluding hydrogens is 293 g/mol. The molecule has 1 aromatic heterocycles. The second-order valence-corrected chi connectivity index (χ2v) is 4.81. The zero-order valence-corrected chi connectivity index (χ0v) is 11.2. The van der Waals surface area contributed by atoms with Crippen molar-refractivity contribution in [1.82, 2.24) is 4.98 Å². The van der Waals surface area contributed by atoms with Gasteiger partial charge in [-0.2, -0.15) is 13.2 Å². The molecule has 0 aliphatic heterocycles. The van der Waals surface area contributed by atoms with Gasteiger partial charge in [-0.1, -0.05) is 6.07 Å². The highest BCUT2D eigenvalue weighted by Gasteiger charge is 2.30. The monoisotopic (exact) mass is 304 g/mol. The van der Waals surface area contributed by atoms with Gasteiger partial charge in [0.15, 0.2) is 0 Å². The molecule has 0 aliphatic rings. The largest absolute Gasteiger partial charge is 0.416 e. The fraction of sp³-hybridized carbons (Fsp3) is 0.0625. The Morgan fingerprint density at radius 1 is 1.05 bits per heavy atom. The van der Waals surface area contributed by atoms with E-state index in [0.29, 0.717) is 5.69 Å². The highest BCUT2D eigenvalue weighted by atomic mass is 19.4. The number of fused-ring (bicyclic) bond motifs is 1.